The molecule has 3 nitrogen and oxygen atoms in total. The second-order valence-electron chi connectivity index (χ2n) is 4.87. The van der Waals surface area contributed by atoms with Gasteiger partial charge in [-0.25, -0.2) is 0 Å². The standard InChI is InChI=1S/C15H16F3NO2.C2H6/c1-2-21-14(20)11-5-3-10(4-6-11)12-9-19-8-7-13(12)15(16,17)18;1-2/h3,7-9,11H,2,4-6H2,1H3;1-2H3. The summed E-state index contributed by atoms with van der Waals surface area (Å²) in [6.07, 6.45) is 0.973. The summed E-state index contributed by atoms with van der Waals surface area (Å²) in [7, 11) is 0. The number of ether oxygens (including phenoxy) is 1. The van der Waals surface area contributed by atoms with Crippen LogP contribution in [0.4, 0.5) is 13.2 Å². The molecular weight excluding hydrogens is 307 g/mol. The van der Waals surface area contributed by atoms with E-state index in [2.05, 4.69) is 4.98 Å². The van der Waals surface area contributed by atoms with Crippen molar-refractivity contribution in [1.82, 2.24) is 4.98 Å². The highest BCUT2D eigenvalue weighted by Crippen LogP contribution is 2.38. The first-order chi connectivity index (χ1) is 10.9. The molecule has 1 unspecified atom stereocenters. The molecular formula is C17H22F3NO2. The summed E-state index contributed by atoms with van der Waals surface area (Å²) in [6.45, 7) is 6.04. The molecule has 0 fully saturated rings. The van der Waals surface area contributed by atoms with E-state index in [1.165, 1.54) is 6.20 Å². The van der Waals surface area contributed by atoms with Crippen molar-refractivity contribution in [3.8, 4) is 0 Å². The first-order valence-corrected chi connectivity index (χ1v) is 7.80. The number of nitrogens with zero attached hydrogens (tertiary/aromatic N) is 1. The Bertz CT molecular complexity index is 553. The smallest absolute Gasteiger partial charge is 0.417 e. The summed E-state index contributed by atoms with van der Waals surface area (Å²) >= 11 is 0. The summed E-state index contributed by atoms with van der Waals surface area (Å²) in [5, 5.41) is 0. The van der Waals surface area contributed by atoms with Gasteiger partial charge in [-0.05, 0) is 37.8 Å². The number of alkyl halides is 3. The Morgan fingerprint density at radius 3 is 2.61 bits per heavy atom. The SMILES string of the molecule is CC.CCOC(=O)C1CC=C(c2cnccc2C(F)(F)F)CC1. The Hall–Kier alpha value is -1.85. The lowest BCUT2D eigenvalue weighted by Gasteiger charge is -2.22. The van der Waals surface area contributed by atoms with Gasteiger partial charge in [0.25, 0.3) is 0 Å². The van der Waals surface area contributed by atoms with E-state index in [-0.39, 0.29) is 17.5 Å². The minimum atomic E-state index is -4.41. The van der Waals surface area contributed by atoms with Crippen molar-refractivity contribution in [1.29, 1.82) is 0 Å². The fraction of sp³-hybridized carbons (Fsp3) is 0.529. The molecule has 23 heavy (non-hydrogen) atoms. The maximum atomic E-state index is 13.0. The number of carbonyl (C=O) groups is 1. The van der Waals surface area contributed by atoms with Gasteiger partial charge in [-0.15, -0.1) is 0 Å². The summed E-state index contributed by atoms with van der Waals surface area (Å²) in [5.74, 6) is -0.547. The fourth-order valence-corrected chi connectivity index (χ4v) is 2.45. The van der Waals surface area contributed by atoms with Crippen molar-refractivity contribution >= 4 is 11.5 Å². The summed E-state index contributed by atoms with van der Waals surface area (Å²) in [5.41, 5.74) is 0.0154. The lowest BCUT2D eigenvalue weighted by Crippen LogP contribution is -2.20. The zero-order valence-electron chi connectivity index (χ0n) is 13.6. The largest absolute Gasteiger partial charge is 0.466 e. The van der Waals surface area contributed by atoms with Crippen molar-refractivity contribution in [3.05, 3.63) is 35.7 Å². The van der Waals surface area contributed by atoms with E-state index in [0.29, 0.717) is 31.4 Å². The highest BCUT2D eigenvalue weighted by Gasteiger charge is 2.35. The number of halogens is 3. The first-order valence-electron chi connectivity index (χ1n) is 7.80. The lowest BCUT2D eigenvalue weighted by molar-refractivity contribution is -0.148. The molecule has 0 amide bonds. The maximum absolute atomic E-state index is 13.0. The Morgan fingerprint density at radius 2 is 2.09 bits per heavy atom. The first kappa shape index (κ1) is 19.2. The average molecular weight is 329 g/mol. The normalized spacial score (nSPS) is 17.7. The van der Waals surface area contributed by atoms with Gasteiger partial charge >= 0.3 is 12.1 Å². The minimum Gasteiger partial charge on any atom is -0.466 e. The van der Waals surface area contributed by atoms with E-state index in [1.807, 2.05) is 13.8 Å². The van der Waals surface area contributed by atoms with Gasteiger partial charge in [-0.1, -0.05) is 19.9 Å². The maximum Gasteiger partial charge on any atom is 0.417 e. The molecule has 0 spiro atoms. The van der Waals surface area contributed by atoms with Gasteiger partial charge in [0.05, 0.1) is 18.1 Å². The van der Waals surface area contributed by atoms with Crippen LogP contribution >= 0.6 is 0 Å². The molecule has 1 atom stereocenters. The molecule has 1 aromatic rings. The topological polar surface area (TPSA) is 39.2 Å². The monoisotopic (exact) mass is 329 g/mol. The number of rotatable bonds is 3. The van der Waals surface area contributed by atoms with Crippen LogP contribution < -0.4 is 0 Å². The zero-order chi connectivity index (χ0) is 17.5. The third-order valence-electron chi connectivity index (χ3n) is 3.50. The predicted octanol–water partition coefficient (Wildman–Crippen LogP) is 4.87. The summed E-state index contributed by atoms with van der Waals surface area (Å²) in [6, 6.07) is 0.980. The Kier molecular flexibility index (Phi) is 7.26. The highest BCUT2D eigenvalue weighted by atomic mass is 19.4. The van der Waals surface area contributed by atoms with Gasteiger partial charge in [0.2, 0.25) is 0 Å². The molecule has 0 saturated carbocycles. The van der Waals surface area contributed by atoms with Crippen molar-refractivity contribution in [2.24, 2.45) is 5.92 Å². The summed E-state index contributed by atoms with van der Waals surface area (Å²) in [4.78, 5) is 15.4. The van der Waals surface area contributed by atoms with E-state index in [1.54, 1.807) is 13.0 Å². The van der Waals surface area contributed by atoms with Crippen LogP contribution in [-0.4, -0.2) is 17.6 Å². The number of hydrogen-bond acceptors (Lipinski definition) is 3. The van der Waals surface area contributed by atoms with Crippen LogP contribution in [0.5, 0.6) is 0 Å². The summed E-state index contributed by atoms with van der Waals surface area (Å²) < 4.78 is 43.9. The molecule has 0 bridgehead atoms. The Morgan fingerprint density at radius 1 is 1.39 bits per heavy atom. The minimum absolute atomic E-state index is 0.104. The van der Waals surface area contributed by atoms with Crippen LogP contribution in [0.1, 0.15) is 51.2 Å². The molecule has 0 saturated heterocycles. The molecule has 1 heterocycles. The molecule has 0 N–H and O–H groups in total. The predicted molar refractivity (Wildman–Crippen MR) is 82.5 cm³/mol. The molecule has 1 aliphatic carbocycles. The zero-order valence-corrected chi connectivity index (χ0v) is 13.6. The van der Waals surface area contributed by atoms with Crippen LogP contribution in [0.2, 0.25) is 0 Å². The number of esters is 1. The van der Waals surface area contributed by atoms with Crippen molar-refractivity contribution in [3.63, 3.8) is 0 Å². The van der Waals surface area contributed by atoms with Crippen LogP contribution in [-0.2, 0) is 15.7 Å². The van der Waals surface area contributed by atoms with Gasteiger partial charge in [0.15, 0.2) is 0 Å². The second-order valence-corrected chi connectivity index (χ2v) is 4.87. The van der Waals surface area contributed by atoms with Gasteiger partial charge in [-0.3, -0.25) is 9.78 Å². The molecule has 1 aromatic heterocycles. The quantitative estimate of drug-likeness (QED) is 0.742. The van der Waals surface area contributed by atoms with Crippen LogP contribution in [0.3, 0.4) is 0 Å². The Labute approximate surface area is 134 Å². The van der Waals surface area contributed by atoms with Crippen molar-refractivity contribution in [2.75, 3.05) is 6.61 Å². The van der Waals surface area contributed by atoms with Gasteiger partial charge in [0.1, 0.15) is 0 Å². The van der Waals surface area contributed by atoms with E-state index in [4.69, 9.17) is 4.74 Å². The average Bonchev–Trinajstić information content (AvgIpc) is 2.56. The van der Waals surface area contributed by atoms with Crippen LogP contribution in [0.25, 0.3) is 5.57 Å². The lowest BCUT2D eigenvalue weighted by atomic mass is 9.85. The number of allylic oxidation sites excluding steroid dienone is 2. The van der Waals surface area contributed by atoms with Gasteiger partial charge < -0.3 is 4.74 Å². The van der Waals surface area contributed by atoms with E-state index in [9.17, 15) is 18.0 Å². The second kappa shape index (κ2) is 8.70. The molecule has 6 heteroatoms. The molecule has 0 aromatic carbocycles. The third kappa shape index (κ3) is 5.08. The van der Waals surface area contributed by atoms with Gasteiger partial charge in [-0.2, -0.15) is 13.2 Å². The van der Waals surface area contributed by atoms with Crippen LogP contribution in [0, 0.1) is 5.92 Å². The van der Waals surface area contributed by atoms with Crippen molar-refractivity contribution < 1.29 is 22.7 Å². The fourth-order valence-electron chi connectivity index (χ4n) is 2.45. The van der Waals surface area contributed by atoms with E-state index >= 15 is 0 Å². The van der Waals surface area contributed by atoms with Crippen molar-refractivity contribution in [2.45, 2.75) is 46.2 Å². The molecule has 1 aliphatic rings. The molecule has 0 radical (unpaired) electrons. The molecule has 2 rings (SSSR count). The Balaban J connectivity index is 0.00000127. The molecule has 128 valence electrons. The van der Waals surface area contributed by atoms with E-state index < -0.39 is 11.7 Å². The number of aromatic nitrogens is 1. The van der Waals surface area contributed by atoms with Crippen LogP contribution in [0.15, 0.2) is 24.5 Å². The third-order valence-corrected chi connectivity index (χ3v) is 3.50. The van der Waals surface area contributed by atoms with Gasteiger partial charge in [0, 0.05) is 18.0 Å². The molecule has 0 aliphatic heterocycles. The highest BCUT2D eigenvalue weighted by molar-refractivity contribution is 5.76. The van der Waals surface area contributed by atoms with E-state index in [0.717, 1.165) is 12.3 Å². The number of hydrogen-bond donors (Lipinski definition) is 0. The number of carbonyl (C=O) groups excluding carboxylic acids is 1. The number of pyridine rings is 1.